The Hall–Kier alpha value is -2.40. The van der Waals surface area contributed by atoms with Crippen molar-refractivity contribution in [1.29, 1.82) is 0 Å². The summed E-state index contributed by atoms with van der Waals surface area (Å²) in [5.74, 6) is 0.316. The van der Waals surface area contributed by atoms with Crippen LogP contribution in [0.4, 0.5) is 10.5 Å². The minimum absolute atomic E-state index is 0.00615. The molecule has 0 saturated carbocycles. The van der Waals surface area contributed by atoms with Crippen molar-refractivity contribution in [3.8, 4) is 0 Å². The van der Waals surface area contributed by atoms with Gasteiger partial charge in [0, 0.05) is 28.0 Å². The van der Waals surface area contributed by atoms with Crippen LogP contribution < -0.4 is 10.6 Å². The Morgan fingerprint density at radius 1 is 1.17 bits per heavy atom. The molecular formula is C18H19N3OS. The van der Waals surface area contributed by atoms with Crippen molar-refractivity contribution in [2.75, 3.05) is 5.32 Å². The summed E-state index contributed by atoms with van der Waals surface area (Å²) < 4.78 is 0. The van der Waals surface area contributed by atoms with E-state index in [1.165, 1.54) is 0 Å². The van der Waals surface area contributed by atoms with Gasteiger partial charge < -0.3 is 10.6 Å². The lowest BCUT2D eigenvalue weighted by atomic mass is 10.0. The Morgan fingerprint density at radius 3 is 2.78 bits per heavy atom. The second-order valence-corrected chi connectivity index (χ2v) is 6.72. The molecule has 0 bridgehead atoms. The van der Waals surface area contributed by atoms with E-state index < -0.39 is 0 Å². The van der Waals surface area contributed by atoms with Gasteiger partial charge in [-0.2, -0.15) is 0 Å². The van der Waals surface area contributed by atoms with Crippen LogP contribution in [0.1, 0.15) is 24.8 Å². The third-order valence-corrected chi connectivity index (χ3v) is 4.69. The van der Waals surface area contributed by atoms with Crippen LogP contribution >= 0.6 is 11.3 Å². The fourth-order valence-corrected chi connectivity index (χ4v) is 3.51. The molecule has 2 N–H and O–H groups in total. The number of hydrogen-bond acceptors (Lipinski definition) is 3. The Balaban J connectivity index is 1.78. The van der Waals surface area contributed by atoms with Crippen molar-refractivity contribution < 1.29 is 4.79 Å². The first-order valence-corrected chi connectivity index (χ1v) is 8.47. The monoisotopic (exact) mass is 325 g/mol. The highest BCUT2D eigenvalue weighted by molar-refractivity contribution is 7.10. The molecule has 3 aromatic rings. The molecule has 0 aliphatic rings. The van der Waals surface area contributed by atoms with Crippen LogP contribution in [-0.4, -0.2) is 11.0 Å². The number of rotatable bonds is 4. The Kier molecular flexibility index (Phi) is 4.57. The molecule has 2 amide bonds. The Bertz CT molecular complexity index is 794. The number of fused-ring (bicyclic) bond motifs is 1. The molecule has 118 valence electrons. The van der Waals surface area contributed by atoms with Crippen molar-refractivity contribution in [2.45, 2.75) is 19.9 Å². The number of aromatic nitrogens is 1. The van der Waals surface area contributed by atoms with Gasteiger partial charge in [-0.05, 0) is 29.5 Å². The van der Waals surface area contributed by atoms with E-state index in [0.717, 1.165) is 21.3 Å². The third kappa shape index (κ3) is 3.51. The fourth-order valence-electron chi connectivity index (χ4n) is 2.57. The Labute approximate surface area is 139 Å². The van der Waals surface area contributed by atoms with Crippen molar-refractivity contribution in [3.63, 3.8) is 0 Å². The summed E-state index contributed by atoms with van der Waals surface area (Å²) in [7, 11) is 0. The van der Waals surface area contributed by atoms with Gasteiger partial charge in [0.05, 0.1) is 11.7 Å². The minimum atomic E-state index is -0.193. The molecule has 2 heterocycles. The molecule has 0 radical (unpaired) electrons. The average Bonchev–Trinajstić information content (AvgIpc) is 3.07. The summed E-state index contributed by atoms with van der Waals surface area (Å²) >= 11 is 1.66. The van der Waals surface area contributed by atoms with E-state index in [1.54, 1.807) is 23.7 Å². The highest BCUT2D eigenvalue weighted by atomic mass is 32.1. The zero-order valence-electron chi connectivity index (χ0n) is 13.1. The summed E-state index contributed by atoms with van der Waals surface area (Å²) in [6.45, 7) is 4.21. The number of nitrogens with zero attached hydrogens (tertiary/aromatic N) is 1. The van der Waals surface area contributed by atoms with Gasteiger partial charge in [0.1, 0.15) is 0 Å². The van der Waals surface area contributed by atoms with Gasteiger partial charge in [-0.1, -0.05) is 32.0 Å². The number of hydrogen-bond donors (Lipinski definition) is 2. The number of benzene rings is 1. The van der Waals surface area contributed by atoms with Gasteiger partial charge >= 0.3 is 6.03 Å². The maximum Gasteiger partial charge on any atom is 0.319 e. The van der Waals surface area contributed by atoms with Gasteiger partial charge in [0.25, 0.3) is 0 Å². The predicted octanol–water partition coefficient (Wildman–Crippen LogP) is 4.82. The maximum absolute atomic E-state index is 12.4. The lowest BCUT2D eigenvalue weighted by molar-refractivity contribution is 0.245. The van der Waals surface area contributed by atoms with Crippen molar-refractivity contribution in [2.24, 2.45) is 5.92 Å². The first-order valence-electron chi connectivity index (χ1n) is 7.59. The quantitative estimate of drug-likeness (QED) is 0.723. The largest absolute Gasteiger partial charge is 0.330 e. The third-order valence-electron chi connectivity index (χ3n) is 3.73. The van der Waals surface area contributed by atoms with Crippen LogP contribution in [0.5, 0.6) is 0 Å². The number of carbonyl (C=O) groups excluding carboxylic acids is 1. The SMILES string of the molecule is CC(C)C(NC(=O)Nc1cccc2cnccc12)c1cccs1. The van der Waals surface area contributed by atoms with E-state index in [-0.39, 0.29) is 12.1 Å². The summed E-state index contributed by atoms with van der Waals surface area (Å²) in [4.78, 5) is 17.7. The van der Waals surface area contributed by atoms with Gasteiger partial charge in [0.15, 0.2) is 0 Å². The molecule has 2 aromatic heterocycles. The van der Waals surface area contributed by atoms with Crippen LogP contribution in [0.2, 0.25) is 0 Å². The molecule has 1 atom stereocenters. The van der Waals surface area contributed by atoms with Crippen molar-refractivity contribution in [1.82, 2.24) is 10.3 Å². The molecule has 5 heteroatoms. The van der Waals surface area contributed by atoms with E-state index in [4.69, 9.17) is 0 Å². The van der Waals surface area contributed by atoms with Gasteiger partial charge in [-0.15, -0.1) is 11.3 Å². The maximum atomic E-state index is 12.4. The molecule has 0 aliphatic heterocycles. The van der Waals surface area contributed by atoms with E-state index in [0.29, 0.717) is 5.92 Å². The normalized spacial score (nSPS) is 12.3. The molecule has 4 nitrogen and oxygen atoms in total. The molecule has 0 spiro atoms. The van der Waals surface area contributed by atoms with E-state index in [9.17, 15) is 4.79 Å². The second kappa shape index (κ2) is 6.79. The van der Waals surface area contributed by atoms with E-state index >= 15 is 0 Å². The van der Waals surface area contributed by atoms with Crippen LogP contribution in [0.15, 0.2) is 54.2 Å². The molecule has 1 aromatic carbocycles. The summed E-state index contributed by atoms with van der Waals surface area (Å²) in [6, 6.07) is 11.6. The molecule has 0 fully saturated rings. The molecule has 1 unspecified atom stereocenters. The van der Waals surface area contributed by atoms with Gasteiger partial charge in [-0.25, -0.2) is 4.79 Å². The lowest BCUT2D eigenvalue weighted by Crippen LogP contribution is -2.34. The molecule has 23 heavy (non-hydrogen) atoms. The van der Waals surface area contributed by atoms with Crippen molar-refractivity contribution in [3.05, 3.63) is 59.0 Å². The predicted molar refractivity (Wildman–Crippen MR) is 95.8 cm³/mol. The number of amides is 2. The second-order valence-electron chi connectivity index (χ2n) is 5.74. The Morgan fingerprint density at radius 2 is 2.04 bits per heavy atom. The molecule has 3 rings (SSSR count). The highest BCUT2D eigenvalue weighted by Crippen LogP contribution is 2.26. The van der Waals surface area contributed by atoms with Crippen LogP contribution in [-0.2, 0) is 0 Å². The number of carbonyl (C=O) groups is 1. The van der Waals surface area contributed by atoms with E-state index in [2.05, 4.69) is 35.5 Å². The number of thiophene rings is 1. The number of urea groups is 1. The van der Waals surface area contributed by atoms with Crippen LogP contribution in [0, 0.1) is 5.92 Å². The minimum Gasteiger partial charge on any atom is -0.330 e. The van der Waals surface area contributed by atoms with Crippen molar-refractivity contribution >= 4 is 33.8 Å². The zero-order valence-corrected chi connectivity index (χ0v) is 13.9. The summed E-state index contributed by atoms with van der Waals surface area (Å²) in [5.41, 5.74) is 0.788. The number of pyridine rings is 1. The molecule has 0 aliphatic carbocycles. The standard InChI is InChI=1S/C18H19N3OS/c1-12(2)17(16-7-4-10-23-16)21-18(22)20-15-6-3-5-13-11-19-9-8-14(13)15/h3-12,17H,1-2H3,(H2,20,21,22). The number of anilines is 1. The highest BCUT2D eigenvalue weighted by Gasteiger charge is 2.19. The first kappa shape index (κ1) is 15.5. The lowest BCUT2D eigenvalue weighted by Gasteiger charge is -2.21. The van der Waals surface area contributed by atoms with Gasteiger partial charge in [0.2, 0.25) is 0 Å². The zero-order chi connectivity index (χ0) is 16.2. The fraction of sp³-hybridized carbons (Fsp3) is 0.222. The molecular weight excluding hydrogens is 306 g/mol. The van der Waals surface area contributed by atoms with Crippen LogP contribution in [0.25, 0.3) is 10.8 Å². The van der Waals surface area contributed by atoms with E-state index in [1.807, 2.05) is 35.7 Å². The topological polar surface area (TPSA) is 54.0 Å². The smallest absolute Gasteiger partial charge is 0.319 e. The number of nitrogens with one attached hydrogen (secondary N) is 2. The van der Waals surface area contributed by atoms with Crippen LogP contribution in [0.3, 0.4) is 0 Å². The average molecular weight is 325 g/mol. The van der Waals surface area contributed by atoms with Gasteiger partial charge in [-0.3, -0.25) is 4.98 Å². The summed E-state index contributed by atoms with van der Waals surface area (Å²) in [6.07, 6.45) is 3.52. The molecule has 0 saturated heterocycles. The first-order chi connectivity index (χ1) is 11.1. The summed E-state index contributed by atoms with van der Waals surface area (Å²) in [5, 5.41) is 10.1.